The van der Waals surface area contributed by atoms with E-state index in [4.69, 9.17) is 0 Å². The van der Waals surface area contributed by atoms with Gasteiger partial charge < -0.3 is 0 Å². The zero-order valence-corrected chi connectivity index (χ0v) is 9.44. The molecule has 0 unspecified atom stereocenters. The first-order valence-corrected chi connectivity index (χ1v) is 5.24. The fourth-order valence-electron chi connectivity index (χ4n) is 1.52. The third kappa shape index (κ3) is 2.76. The van der Waals surface area contributed by atoms with Crippen LogP contribution >= 0.6 is 0 Å². The molecule has 1 aromatic rings. The van der Waals surface area contributed by atoms with Crippen molar-refractivity contribution < 1.29 is 9.31 Å². The number of benzene rings is 1. The summed E-state index contributed by atoms with van der Waals surface area (Å²) in [4.78, 5) is 11.9. The van der Waals surface area contributed by atoms with Crippen molar-refractivity contribution in [3.63, 3.8) is 0 Å². The zero-order chi connectivity index (χ0) is 12.1. The van der Waals surface area contributed by atoms with Crippen molar-refractivity contribution >= 4 is 5.69 Å². The minimum Gasteiger partial charge on any atom is -0.300 e. The lowest BCUT2D eigenvalue weighted by Gasteiger charge is -2.18. The Morgan fingerprint density at radius 3 is 2.50 bits per heavy atom. The summed E-state index contributed by atoms with van der Waals surface area (Å²) in [6.45, 7) is 5.93. The smallest absolute Gasteiger partial charge is 0.300 e. The molecular formula is C11H15FN2O2. The molecule has 0 bridgehead atoms. The van der Waals surface area contributed by atoms with E-state index in [1.54, 1.807) is 6.07 Å². The van der Waals surface area contributed by atoms with Crippen molar-refractivity contribution in [3.8, 4) is 0 Å². The lowest BCUT2D eigenvalue weighted by Crippen LogP contribution is -2.22. The van der Waals surface area contributed by atoms with Crippen LogP contribution in [0.4, 0.5) is 10.1 Å². The van der Waals surface area contributed by atoms with Crippen molar-refractivity contribution in [1.29, 1.82) is 0 Å². The monoisotopic (exact) mass is 226 g/mol. The Morgan fingerprint density at radius 1 is 1.38 bits per heavy atom. The SMILES string of the molecule is CCN(CC)Cc1cccc([N+](=O)[O-])c1F. The number of hydrogen-bond donors (Lipinski definition) is 0. The Morgan fingerprint density at radius 2 is 2.00 bits per heavy atom. The summed E-state index contributed by atoms with van der Waals surface area (Å²) in [6, 6.07) is 4.28. The number of nitro benzene ring substituents is 1. The molecule has 0 atom stereocenters. The average molecular weight is 226 g/mol. The van der Waals surface area contributed by atoms with Gasteiger partial charge in [0.25, 0.3) is 0 Å². The molecule has 0 aliphatic heterocycles. The second kappa shape index (κ2) is 5.55. The number of nitro groups is 1. The van der Waals surface area contributed by atoms with Gasteiger partial charge >= 0.3 is 5.69 Å². The quantitative estimate of drug-likeness (QED) is 0.572. The minimum atomic E-state index is -0.723. The molecule has 0 saturated heterocycles. The highest BCUT2D eigenvalue weighted by Gasteiger charge is 2.17. The van der Waals surface area contributed by atoms with E-state index in [2.05, 4.69) is 0 Å². The summed E-state index contributed by atoms with van der Waals surface area (Å²) < 4.78 is 13.7. The highest BCUT2D eigenvalue weighted by atomic mass is 19.1. The topological polar surface area (TPSA) is 46.4 Å². The van der Waals surface area contributed by atoms with E-state index in [-0.39, 0.29) is 0 Å². The highest BCUT2D eigenvalue weighted by Crippen LogP contribution is 2.21. The number of nitrogens with zero attached hydrogens (tertiary/aromatic N) is 2. The molecule has 4 nitrogen and oxygen atoms in total. The Bertz CT molecular complexity index is 378. The van der Waals surface area contributed by atoms with Crippen LogP contribution in [0.5, 0.6) is 0 Å². The molecule has 1 aromatic carbocycles. The first-order valence-electron chi connectivity index (χ1n) is 5.24. The summed E-state index contributed by atoms with van der Waals surface area (Å²) in [5.74, 6) is -0.723. The molecule has 0 heterocycles. The van der Waals surface area contributed by atoms with Gasteiger partial charge in [-0.1, -0.05) is 26.0 Å². The van der Waals surface area contributed by atoms with Crippen LogP contribution in [-0.4, -0.2) is 22.9 Å². The molecule has 0 spiro atoms. The molecular weight excluding hydrogens is 211 g/mol. The van der Waals surface area contributed by atoms with Gasteiger partial charge in [-0.25, -0.2) is 0 Å². The molecule has 0 N–H and O–H groups in total. The van der Waals surface area contributed by atoms with Crippen molar-refractivity contribution in [2.24, 2.45) is 0 Å². The van der Waals surface area contributed by atoms with Gasteiger partial charge in [0.15, 0.2) is 0 Å². The lowest BCUT2D eigenvalue weighted by molar-refractivity contribution is -0.387. The summed E-state index contributed by atoms with van der Waals surface area (Å²) in [5.41, 5.74) is -0.0810. The molecule has 0 aliphatic rings. The maximum Gasteiger partial charge on any atom is 0.305 e. The van der Waals surface area contributed by atoms with Crippen molar-refractivity contribution in [3.05, 3.63) is 39.7 Å². The predicted molar refractivity (Wildman–Crippen MR) is 59.7 cm³/mol. The van der Waals surface area contributed by atoms with E-state index in [1.807, 2.05) is 18.7 Å². The normalized spacial score (nSPS) is 10.8. The number of halogens is 1. The van der Waals surface area contributed by atoms with Crippen LogP contribution < -0.4 is 0 Å². The van der Waals surface area contributed by atoms with Crippen LogP contribution in [0.2, 0.25) is 0 Å². The number of hydrogen-bond acceptors (Lipinski definition) is 3. The predicted octanol–water partition coefficient (Wildman–Crippen LogP) is 2.58. The molecule has 5 heteroatoms. The molecule has 0 radical (unpaired) electrons. The fraction of sp³-hybridized carbons (Fsp3) is 0.455. The Kier molecular flexibility index (Phi) is 4.37. The lowest BCUT2D eigenvalue weighted by atomic mass is 10.1. The van der Waals surface area contributed by atoms with E-state index in [0.29, 0.717) is 12.1 Å². The third-order valence-corrected chi connectivity index (χ3v) is 2.54. The van der Waals surface area contributed by atoms with Crippen LogP contribution in [0, 0.1) is 15.9 Å². The van der Waals surface area contributed by atoms with Gasteiger partial charge in [-0.2, -0.15) is 4.39 Å². The molecule has 1 rings (SSSR count). The molecule has 0 aromatic heterocycles. The molecule has 0 saturated carbocycles. The average Bonchev–Trinajstić information content (AvgIpc) is 2.27. The molecule has 0 amide bonds. The van der Waals surface area contributed by atoms with E-state index in [1.165, 1.54) is 12.1 Å². The molecule has 0 fully saturated rings. The van der Waals surface area contributed by atoms with E-state index >= 15 is 0 Å². The van der Waals surface area contributed by atoms with Gasteiger partial charge in [-0.05, 0) is 13.1 Å². The highest BCUT2D eigenvalue weighted by molar-refractivity contribution is 5.36. The zero-order valence-electron chi connectivity index (χ0n) is 9.44. The molecule has 0 aliphatic carbocycles. The van der Waals surface area contributed by atoms with E-state index < -0.39 is 16.4 Å². The second-order valence-electron chi connectivity index (χ2n) is 3.47. The van der Waals surface area contributed by atoms with Gasteiger partial charge in [0, 0.05) is 18.2 Å². The first kappa shape index (κ1) is 12.6. The van der Waals surface area contributed by atoms with Crippen molar-refractivity contribution in [2.75, 3.05) is 13.1 Å². The molecule has 16 heavy (non-hydrogen) atoms. The maximum atomic E-state index is 13.7. The Labute approximate surface area is 93.8 Å². The Balaban J connectivity index is 2.97. The largest absolute Gasteiger partial charge is 0.305 e. The summed E-state index contributed by atoms with van der Waals surface area (Å²) in [7, 11) is 0. The van der Waals surface area contributed by atoms with E-state index in [9.17, 15) is 14.5 Å². The minimum absolute atomic E-state index is 0.373. The van der Waals surface area contributed by atoms with Gasteiger partial charge in [-0.3, -0.25) is 15.0 Å². The van der Waals surface area contributed by atoms with Crippen LogP contribution in [0.3, 0.4) is 0 Å². The van der Waals surface area contributed by atoms with Gasteiger partial charge in [0.05, 0.1) is 4.92 Å². The van der Waals surface area contributed by atoms with Gasteiger partial charge in [0.1, 0.15) is 0 Å². The van der Waals surface area contributed by atoms with Crippen molar-refractivity contribution in [1.82, 2.24) is 4.90 Å². The summed E-state index contributed by atoms with van der Waals surface area (Å²) in [6.07, 6.45) is 0. The van der Waals surface area contributed by atoms with Crippen LogP contribution in [0.15, 0.2) is 18.2 Å². The van der Waals surface area contributed by atoms with Gasteiger partial charge in [-0.15, -0.1) is 0 Å². The number of rotatable bonds is 5. The molecule has 88 valence electrons. The van der Waals surface area contributed by atoms with Crippen LogP contribution in [0.25, 0.3) is 0 Å². The fourth-order valence-corrected chi connectivity index (χ4v) is 1.52. The van der Waals surface area contributed by atoms with Crippen LogP contribution in [-0.2, 0) is 6.54 Å². The third-order valence-electron chi connectivity index (χ3n) is 2.54. The van der Waals surface area contributed by atoms with Gasteiger partial charge in [0.2, 0.25) is 5.82 Å². The Hall–Kier alpha value is -1.49. The summed E-state index contributed by atoms with van der Waals surface area (Å²) in [5, 5.41) is 10.6. The standard InChI is InChI=1S/C11H15FN2O2/c1-3-13(4-2)8-9-6-5-7-10(11(9)12)14(15)16/h5-7H,3-4,8H2,1-2H3. The maximum absolute atomic E-state index is 13.7. The summed E-state index contributed by atoms with van der Waals surface area (Å²) >= 11 is 0. The van der Waals surface area contributed by atoms with E-state index in [0.717, 1.165) is 13.1 Å². The first-order chi connectivity index (χ1) is 7.60. The second-order valence-corrected chi connectivity index (χ2v) is 3.47. The van der Waals surface area contributed by atoms with Crippen molar-refractivity contribution in [2.45, 2.75) is 20.4 Å². The van der Waals surface area contributed by atoms with Crippen LogP contribution in [0.1, 0.15) is 19.4 Å².